The standard InChI is InChI=1S/C34H39ClN2O3/c1-25(38)37-20-12-6-4-3-5-11-19-36(24-28-14-8-10-16-31(28)37)33(39)26-17-18-32-29(21-26)23-34(2,40-32)22-27-13-7-9-15-30(27)35/h7-10,13-18,21H,3-6,11-12,19-20,22-24H2,1-2H3. The molecule has 0 spiro atoms. The van der Waals surface area contributed by atoms with Crippen molar-refractivity contribution in [2.75, 3.05) is 18.0 Å². The molecule has 3 aromatic rings. The zero-order chi connectivity index (χ0) is 28.1. The zero-order valence-corrected chi connectivity index (χ0v) is 24.4. The normalized spacial score (nSPS) is 19.9. The maximum atomic E-state index is 14.0. The fourth-order valence-corrected chi connectivity index (χ4v) is 6.28. The number of benzene rings is 3. The van der Waals surface area contributed by atoms with Crippen LogP contribution in [-0.2, 0) is 24.2 Å². The number of nitrogens with zero attached hydrogens (tertiary/aromatic N) is 2. The van der Waals surface area contributed by atoms with Gasteiger partial charge in [-0.1, -0.05) is 73.7 Å². The van der Waals surface area contributed by atoms with Crippen LogP contribution in [0, 0.1) is 0 Å². The highest BCUT2D eigenvalue weighted by molar-refractivity contribution is 6.31. The number of rotatable bonds is 3. The molecule has 0 aliphatic carbocycles. The van der Waals surface area contributed by atoms with Crippen molar-refractivity contribution in [2.24, 2.45) is 0 Å². The van der Waals surface area contributed by atoms with Crippen molar-refractivity contribution in [3.63, 3.8) is 0 Å². The highest BCUT2D eigenvalue weighted by Crippen LogP contribution is 2.38. The SMILES string of the molecule is CC(=O)N1CCCCCCCCN(C(=O)c2ccc3c(c2)CC(C)(Cc2ccccc2Cl)O3)Cc2ccccc21. The summed E-state index contributed by atoms with van der Waals surface area (Å²) in [6.45, 7) is 5.60. The van der Waals surface area contributed by atoms with Gasteiger partial charge < -0.3 is 14.5 Å². The molecule has 0 radical (unpaired) electrons. The number of hydrogen-bond donors (Lipinski definition) is 0. The van der Waals surface area contributed by atoms with E-state index in [1.165, 1.54) is 0 Å². The Labute approximate surface area is 243 Å². The van der Waals surface area contributed by atoms with Crippen molar-refractivity contribution in [3.05, 3.63) is 94.0 Å². The second-order valence-electron chi connectivity index (χ2n) is 11.5. The van der Waals surface area contributed by atoms with E-state index in [0.717, 1.165) is 71.7 Å². The number of anilines is 1. The van der Waals surface area contributed by atoms with Crippen LogP contribution in [0.1, 0.15) is 79.4 Å². The van der Waals surface area contributed by atoms with Gasteiger partial charge in [-0.25, -0.2) is 0 Å². The summed E-state index contributed by atoms with van der Waals surface area (Å²) in [5, 5.41) is 0.744. The maximum absolute atomic E-state index is 14.0. The zero-order valence-electron chi connectivity index (χ0n) is 23.6. The minimum atomic E-state index is -0.421. The Hall–Kier alpha value is -3.31. The van der Waals surface area contributed by atoms with E-state index in [4.69, 9.17) is 16.3 Å². The van der Waals surface area contributed by atoms with E-state index in [1.54, 1.807) is 6.92 Å². The summed E-state index contributed by atoms with van der Waals surface area (Å²) in [4.78, 5) is 30.4. The summed E-state index contributed by atoms with van der Waals surface area (Å²) in [7, 11) is 0. The molecule has 6 heteroatoms. The van der Waals surface area contributed by atoms with Crippen molar-refractivity contribution < 1.29 is 14.3 Å². The number of carbonyl (C=O) groups is 2. The Morgan fingerprint density at radius 3 is 2.35 bits per heavy atom. The Morgan fingerprint density at radius 1 is 0.875 bits per heavy atom. The third-order valence-electron chi connectivity index (χ3n) is 8.12. The largest absolute Gasteiger partial charge is 0.487 e. The minimum Gasteiger partial charge on any atom is -0.487 e. The van der Waals surface area contributed by atoms with Crippen molar-refractivity contribution in [2.45, 2.75) is 77.4 Å². The van der Waals surface area contributed by atoms with E-state index in [2.05, 4.69) is 6.92 Å². The van der Waals surface area contributed by atoms with Crippen molar-refractivity contribution in [1.82, 2.24) is 4.90 Å². The van der Waals surface area contributed by atoms with Crippen LogP contribution >= 0.6 is 11.6 Å². The van der Waals surface area contributed by atoms with E-state index < -0.39 is 5.60 Å². The highest BCUT2D eigenvalue weighted by atomic mass is 35.5. The van der Waals surface area contributed by atoms with E-state index in [9.17, 15) is 9.59 Å². The van der Waals surface area contributed by atoms with Gasteiger partial charge in [-0.2, -0.15) is 0 Å². The maximum Gasteiger partial charge on any atom is 0.254 e. The Bertz CT molecular complexity index is 1370. The van der Waals surface area contributed by atoms with E-state index >= 15 is 0 Å². The summed E-state index contributed by atoms with van der Waals surface area (Å²) in [5.74, 6) is 0.888. The summed E-state index contributed by atoms with van der Waals surface area (Å²) in [6, 6.07) is 21.7. The number of fused-ring (bicyclic) bond motifs is 2. The smallest absolute Gasteiger partial charge is 0.254 e. The number of amides is 2. The van der Waals surface area contributed by atoms with Crippen LogP contribution in [0.15, 0.2) is 66.7 Å². The molecule has 5 nitrogen and oxygen atoms in total. The highest BCUT2D eigenvalue weighted by Gasteiger charge is 2.36. The molecule has 1 unspecified atom stereocenters. The predicted octanol–water partition coefficient (Wildman–Crippen LogP) is 7.63. The van der Waals surface area contributed by atoms with Crippen LogP contribution in [-0.4, -0.2) is 35.4 Å². The van der Waals surface area contributed by atoms with Crippen molar-refractivity contribution in [1.29, 1.82) is 0 Å². The number of para-hydroxylation sites is 1. The quantitative estimate of drug-likeness (QED) is 0.332. The van der Waals surface area contributed by atoms with Gasteiger partial charge in [0.1, 0.15) is 11.4 Å². The lowest BCUT2D eigenvalue weighted by molar-refractivity contribution is -0.116. The lowest BCUT2D eigenvalue weighted by atomic mass is 9.91. The topological polar surface area (TPSA) is 49.9 Å². The third-order valence-corrected chi connectivity index (χ3v) is 8.49. The number of carbonyl (C=O) groups excluding carboxylic acids is 2. The Morgan fingerprint density at radius 2 is 1.57 bits per heavy atom. The second-order valence-corrected chi connectivity index (χ2v) is 11.9. The van der Waals surface area contributed by atoms with Gasteiger partial charge in [0.2, 0.25) is 5.91 Å². The van der Waals surface area contributed by atoms with Gasteiger partial charge in [0.15, 0.2) is 0 Å². The number of halogens is 1. The molecule has 0 bridgehead atoms. The molecule has 0 aromatic heterocycles. The molecule has 2 heterocycles. The van der Waals surface area contributed by atoms with Gasteiger partial charge in [-0.3, -0.25) is 9.59 Å². The molecule has 0 saturated heterocycles. The van der Waals surface area contributed by atoms with Crippen molar-refractivity contribution >= 4 is 29.1 Å². The van der Waals surface area contributed by atoms with Gasteiger partial charge in [-0.05, 0) is 66.8 Å². The average molecular weight is 559 g/mol. The van der Waals surface area contributed by atoms with Crippen molar-refractivity contribution in [3.8, 4) is 5.75 Å². The third kappa shape index (κ3) is 6.52. The lowest BCUT2D eigenvalue weighted by Crippen LogP contribution is -2.34. The second kappa shape index (κ2) is 12.5. The molecule has 5 rings (SSSR count). The minimum absolute atomic E-state index is 0.0153. The molecular formula is C34H39ClN2O3. The van der Waals surface area contributed by atoms with Gasteiger partial charge in [0, 0.05) is 55.7 Å². The van der Waals surface area contributed by atoms with Crippen LogP contribution < -0.4 is 9.64 Å². The lowest BCUT2D eigenvalue weighted by Gasteiger charge is -2.28. The Balaban J connectivity index is 1.39. The van der Waals surface area contributed by atoms with Crippen LogP contribution in [0.3, 0.4) is 0 Å². The summed E-state index contributed by atoms with van der Waals surface area (Å²) in [5.41, 5.74) is 4.27. The summed E-state index contributed by atoms with van der Waals surface area (Å²) >= 11 is 6.44. The molecule has 210 valence electrons. The van der Waals surface area contributed by atoms with E-state index in [0.29, 0.717) is 38.0 Å². The molecule has 2 aliphatic heterocycles. The van der Waals surface area contributed by atoms with Gasteiger partial charge >= 0.3 is 0 Å². The molecule has 40 heavy (non-hydrogen) atoms. The molecule has 2 amide bonds. The number of hydrogen-bond acceptors (Lipinski definition) is 3. The van der Waals surface area contributed by atoms with Gasteiger partial charge in [0.25, 0.3) is 5.91 Å². The molecule has 1 atom stereocenters. The predicted molar refractivity (Wildman–Crippen MR) is 161 cm³/mol. The first-order chi connectivity index (χ1) is 19.3. The molecule has 2 aliphatic rings. The van der Waals surface area contributed by atoms with E-state index in [1.807, 2.05) is 76.5 Å². The first-order valence-corrected chi connectivity index (χ1v) is 14.9. The Kier molecular flexibility index (Phi) is 8.80. The van der Waals surface area contributed by atoms with E-state index in [-0.39, 0.29) is 11.8 Å². The fourth-order valence-electron chi connectivity index (χ4n) is 6.07. The summed E-state index contributed by atoms with van der Waals surface area (Å²) in [6.07, 6.45) is 7.87. The first kappa shape index (κ1) is 28.2. The molecular weight excluding hydrogens is 520 g/mol. The molecule has 0 N–H and O–H groups in total. The molecule has 3 aromatic carbocycles. The van der Waals surface area contributed by atoms with Gasteiger partial charge in [-0.15, -0.1) is 0 Å². The van der Waals surface area contributed by atoms with Crippen LogP contribution in [0.4, 0.5) is 5.69 Å². The van der Waals surface area contributed by atoms with Crippen LogP contribution in [0.2, 0.25) is 5.02 Å². The van der Waals surface area contributed by atoms with Gasteiger partial charge in [0.05, 0.1) is 0 Å². The molecule has 0 fully saturated rings. The fraction of sp³-hybridized carbons (Fsp3) is 0.412. The van der Waals surface area contributed by atoms with Crippen LogP contribution in [0.5, 0.6) is 5.75 Å². The first-order valence-electron chi connectivity index (χ1n) is 14.5. The molecule has 0 saturated carbocycles. The average Bonchev–Trinajstić information content (AvgIpc) is 3.28. The van der Waals surface area contributed by atoms with Crippen LogP contribution in [0.25, 0.3) is 0 Å². The monoisotopic (exact) mass is 558 g/mol. The number of ether oxygens (including phenoxy) is 1. The summed E-state index contributed by atoms with van der Waals surface area (Å²) < 4.78 is 6.40.